The van der Waals surface area contributed by atoms with Gasteiger partial charge in [0.05, 0.1) is 5.41 Å². The molecule has 0 heterocycles. The van der Waals surface area contributed by atoms with Crippen molar-refractivity contribution in [1.82, 2.24) is 5.32 Å². The Morgan fingerprint density at radius 1 is 1.20 bits per heavy atom. The number of carbonyl (C=O) groups excluding carboxylic acids is 2. The molecule has 0 fully saturated rings. The second-order valence-corrected chi connectivity index (χ2v) is 6.23. The molecule has 5 nitrogen and oxygen atoms in total. The number of rotatable bonds is 4. The molecule has 0 spiro atoms. The highest BCUT2D eigenvalue weighted by molar-refractivity contribution is 5.81. The number of ether oxygens (including phenoxy) is 2. The lowest BCUT2D eigenvalue weighted by molar-refractivity contribution is -0.147. The molecule has 0 bridgehead atoms. The summed E-state index contributed by atoms with van der Waals surface area (Å²) >= 11 is 0. The number of hydrogen-bond acceptors (Lipinski definition) is 4. The highest BCUT2D eigenvalue weighted by atomic mass is 16.6. The average molecular weight is 283 g/mol. The Balaban J connectivity index is 4.29. The summed E-state index contributed by atoms with van der Waals surface area (Å²) in [5, 5.41) is 2.43. The van der Waals surface area contributed by atoms with Gasteiger partial charge in [-0.15, -0.1) is 5.92 Å². The van der Waals surface area contributed by atoms with Crippen LogP contribution in [-0.4, -0.2) is 30.3 Å². The zero-order valence-electron chi connectivity index (χ0n) is 13.4. The molecule has 0 radical (unpaired) electrons. The topological polar surface area (TPSA) is 64.6 Å². The lowest BCUT2D eigenvalue weighted by Gasteiger charge is -2.22. The van der Waals surface area contributed by atoms with Gasteiger partial charge >= 0.3 is 12.1 Å². The molecule has 0 aromatic heterocycles. The van der Waals surface area contributed by atoms with Gasteiger partial charge in [0.15, 0.2) is 0 Å². The van der Waals surface area contributed by atoms with E-state index in [1.165, 1.54) is 0 Å². The number of hydrogen-bond donors (Lipinski definition) is 1. The Kier molecular flexibility index (Phi) is 6.57. The monoisotopic (exact) mass is 283 g/mol. The number of alkyl carbamates (subject to hydrolysis) is 1. The van der Waals surface area contributed by atoms with Crippen LogP contribution in [0.2, 0.25) is 0 Å². The molecule has 0 aliphatic heterocycles. The minimum Gasteiger partial charge on any atom is -0.463 e. The number of carbonyl (C=O) groups is 2. The first-order valence-electron chi connectivity index (χ1n) is 6.57. The van der Waals surface area contributed by atoms with Crippen LogP contribution >= 0.6 is 0 Å². The molecule has 1 amide bonds. The van der Waals surface area contributed by atoms with Crippen LogP contribution < -0.4 is 5.32 Å². The van der Waals surface area contributed by atoms with Crippen LogP contribution in [0.5, 0.6) is 0 Å². The van der Waals surface area contributed by atoms with Crippen molar-refractivity contribution < 1.29 is 19.1 Å². The predicted octanol–water partition coefficient (Wildman–Crippen LogP) is 2.49. The molecule has 0 aliphatic rings. The third kappa shape index (κ3) is 8.41. The Morgan fingerprint density at radius 3 is 2.20 bits per heavy atom. The molecule has 0 saturated heterocycles. The van der Waals surface area contributed by atoms with Gasteiger partial charge in [0.25, 0.3) is 0 Å². The Morgan fingerprint density at radius 2 is 1.75 bits per heavy atom. The second kappa shape index (κ2) is 7.18. The van der Waals surface area contributed by atoms with E-state index in [2.05, 4.69) is 17.2 Å². The molecule has 0 rings (SSSR count). The van der Waals surface area contributed by atoms with Gasteiger partial charge in [-0.1, -0.05) is 5.92 Å². The third-order valence-corrected chi connectivity index (χ3v) is 2.13. The first-order chi connectivity index (χ1) is 8.97. The number of esters is 1. The van der Waals surface area contributed by atoms with E-state index in [0.717, 1.165) is 0 Å². The van der Waals surface area contributed by atoms with Gasteiger partial charge in [-0.2, -0.15) is 0 Å². The quantitative estimate of drug-likeness (QED) is 0.636. The van der Waals surface area contributed by atoms with Crippen LogP contribution in [0.15, 0.2) is 0 Å². The molecule has 0 aromatic rings. The maximum atomic E-state index is 11.8. The fourth-order valence-corrected chi connectivity index (χ4v) is 1.29. The first-order valence-corrected chi connectivity index (χ1v) is 6.57. The Hall–Kier alpha value is -1.70. The van der Waals surface area contributed by atoms with E-state index in [1.807, 2.05) is 13.8 Å². The summed E-state index contributed by atoms with van der Waals surface area (Å²) in [5.41, 5.74) is -1.01. The van der Waals surface area contributed by atoms with Crippen molar-refractivity contribution in [3.63, 3.8) is 0 Å². The third-order valence-electron chi connectivity index (χ3n) is 2.13. The van der Waals surface area contributed by atoms with Gasteiger partial charge in [-0.05, 0) is 48.5 Å². The van der Waals surface area contributed by atoms with Gasteiger partial charge in [0, 0.05) is 0 Å². The zero-order valence-corrected chi connectivity index (χ0v) is 13.4. The van der Waals surface area contributed by atoms with E-state index in [9.17, 15) is 9.59 Å². The van der Waals surface area contributed by atoms with Crippen LogP contribution in [0, 0.1) is 17.3 Å². The molecule has 0 saturated carbocycles. The van der Waals surface area contributed by atoms with Crippen molar-refractivity contribution in [3.8, 4) is 11.8 Å². The summed E-state index contributed by atoms with van der Waals surface area (Å²) < 4.78 is 10.2. The zero-order chi connectivity index (χ0) is 16.0. The summed E-state index contributed by atoms with van der Waals surface area (Å²) in [7, 11) is 0. The highest BCUT2D eigenvalue weighted by Gasteiger charge is 2.24. The standard InChI is InChI=1S/C15H25NO4/c1-8-9-15(6,7)10-19-12(17)11(2)16-13(18)20-14(3,4)5/h11H,10H2,1-7H3,(H,16,18)/t11-/m0/s1. The molecule has 0 aliphatic carbocycles. The van der Waals surface area contributed by atoms with Crippen LogP contribution in [0.1, 0.15) is 48.5 Å². The Bertz CT molecular complexity index is 410. The molecule has 1 N–H and O–H groups in total. The van der Waals surface area contributed by atoms with Gasteiger partial charge in [-0.3, -0.25) is 0 Å². The fourth-order valence-electron chi connectivity index (χ4n) is 1.29. The lowest BCUT2D eigenvalue weighted by atomic mass is 9.96. The van der Waals surface area contributed by atoms with Crippen LogP contribution in [-0.2, 0) is 14.3 Å². The summed E-state index contributed by atoms with van der Waals surface area (Å²) in [6.45, 7) is 12.5. The molecule has 1 atom stereocenters. The van der Waals surface area contributed by atoms with E-state index in [-0.39, 0.29) is 6.61 Å². The number of nitrogens with one attached hydrogen (secondary N) is 1. The maximum absolute atomic E-state index is 11.8. The summed E-state index contributed by atoms with van der Waals surface area (Å²) in [5.74, 6) is 5.22. The van der Waals surface area contributed by atoms with E-state index in [0.29, 0.717) is 0 Å². The van der Waals surface area contributed by atoms with Gasteiger partial charge in [0.2, 0.25) is 0 Å². The highest BCUT2D eigenvalue weighted by Crippen LogP contribution is 2.14. The van der Waals surface area contributed by atoms with Crippen molar-refractivity contribution in [2.45, 2.75) is 60.1 Å². The van der Waals surface area contributed by atoms with Crippen molar-refractivity contribution >= 4 is 12.1 Å². The maximum Gasteiger partial charge on any atom is 0.408 e. The normalized spacial score (nSPS) is 12.8. The smallest absolute Gasteiger partial charge is 0.408 e. The van der Waals surface area contributed by atoms with Crippen molar-refractivity contribution in [1.29, 1.82) is 0 Å². The predicted molar refractivity (Wildman–Crippen MR) is 77.0 cm³/mol. The van der Waals surface area contributed by atoms with Gasteiger partial charge in [-0.25, -0.2) is 9.59 Å². The largest absolute Gasteiger partial charge is 0.463 e. The SMILES string of the molecule is CC#CC(C)(C)COC(=O)[C@H](C)NC(=O)OC(C)(C)C. The van der Waals surface area contributed by atoms with Crippen LogP contribution in [0.3, 0.4) is 0 Å². The second-order valence-electron chi connectivity index (χ2n) is 6.23. The molecule has 0 unspecified atom stereocenters. The van der Waals surface area contributed by atoms with Crippen LogP contribution in [0.25, 0.3) is 0 Å². The summed E-state index contributed by atoms with van der Waals surface area (Å²) in [6, 6.07) is -0.768. The lowest BCUT2D eigenvalue weighted by Crippen LogP contribution is -2.43. The van der Waals surface area contributed by atoms with Crippen molar-refractivity contribution in [2.24, 2.45) is 5.41 Å². The van der Waals surface area contributed by atoms with E-state index < -0.39 is 29.1 Å². The Labute approximate surface area is 121 Å². The van der Waals surface area contributed by atoms with Crippen molar-refractivity contribution in [2.75, 3.05) is 6.61 Å². The number of amides is 1. The van der Waals surface area contributed by atoms with Gasteiger partial charge in [0.1, 0.15) is 18.2 Å². The summed E-state index contributed by atoms with van der Waals surface area (Å²) in [4.78, 5) is 23.3. The molecule has 114 valence electrons. The summed E-state index contributed by atoms with van der Waals surface area (Å²) in [6.07, 6.45) is -0.644. The van der Waals surface area contributed by atoms with E-state index in [4.69, 9.17) is 9.47 Å². The molecule has 20 heavy (non-hydrogen) atoms. The average Bonchev–Trinajstić information content (AvgIpc) is 2.22. The first kappa shape index (κ1) is 18.3. The van der Waals surface area contributed by atoms with E-state index >= 15 is 0 Å². The van der Waals surface area contributed by atoms with Gasteiger partial charge < -0.3 is 14.8 Å². The molecular formula is C15H25NO4. The molecular weight excluding hydrogens is 258 g/mol. The van der Waals surface area contributed by atoms with Crippen LogP contribution in [0.4, 0.5) is 4.79 Å². The minimum atomic E-state index is -0.768. The van der Waals surface area contributed by atoms with Crippen molar-refractivity contribution in [3.05, 3.63) is 0 Å². The minimum absolute atomic E-state index is 0.174. The fraction of sp³-hybridized carbons (Fsp3) is 0.733. The molecule has 5 heteroatoms. The van der Waals surface area contributed by atoms with E-state index in [1.54, 1.807) is 34.6 Å². The molecule has 0 aromatic carbocycles.